The van der Waals surface area contributed by atoms with Gasteiger partial charge in [-0.25, -0.2) is 0 Å². The minimum absolute atomic E-state index is 0.0455. The van der Waals surface area contributed by atoms with E-state index in [1.807, 2.05) is 31.2 Å². The summed E-state index contributed by atoms with van der Waals surface area (Å²) < 4.78 is 5.39. The number of nitrogens with two attached hydrogens (primary N) is 1. The zero-order valence-corrected chi connectivity index (χ0v) is 13.0. The van der Waals surface area contributed by atoms with Crippen molar-refractivity contribution >= 4 is 11.8 Å². The zero-order chi connectivity index (χ0) is 15.9. The molecule has 0 unspecified atom stereocenters. The summed E-state index contributed by atoms with van der Waals surface area (Å²) in [4.78, 5) is 23.4. The number of rotatable bonds is 8. The number of amides is 2. The quantitative estimate of drug-likeness (QED) is 0.766. The summed E-state index contributed by atoms with van der Waals surface area (Å²) in [6, 6.07) is 7.61. The van der Waals surface area contributed by atoms with Crippen molar-refractivity contribution in [3.8, 4) is 5.75 Å². The molecule has 0 aliphatic heterocycles. The lowest BCUT2D eigenvalue weighted by Crippen LogP contribution is -2.41. The Morgan fingerprint density at radius 1 is 1.32 bits per heavy atom. The maximum Gasteiger partial charge on any atom is 0.223 e. The van der Waals surface area contributed by atoms with Crippen molar-refractivity contribution in [1.82, 2.24) is 5.32 Å². The molecule has 0 saturated heterocycles. The summed E-state index contributed by atoms with van der Waals surface area (Å²) in [6.45, 7) is 2.86. The summed E-state index contributed by atoms with van der Waals surface area (Å²) in [6.07, 6.45) is 3.54. The molecule has 0 radical (unpaired) electrons. The van der Waals surface area contributed by atoms with Crippen LogP contribution in [0.5, 0.6) is 5.75 Å². The van der Waals surface area contributed by atoms with E-state index in [-0.39, 0.29) is 23.7 Å². The van der Waals surface area contributed by atoms with Crippen LogP contribution in [0.4, 0.5) is 0 Å². The van der Waals surface area contributed by atoms with Crippen molar-refractivity contribution in [2.75, 3.05) is 13.2 Å². The first-order valence-electron chi connectivity index (χ1n) is 7.89. The molecule has 120 valence electrons. The van der Waals surface area contributed by atoms with Crippen LogP contribution >= 0.6 is 0 Å². The second-order valence-electron chi connectivity index (χ2n) is 5.75. The molecule has 0 aromatic heterocycles. The number of primary amides is 1. The topological polar surface area (TPSA) is 81.4 Å². The van der Waals surface area contributed by atoms with E-state index in [0.29, 0.717) is 19.6 Å². The molecule has 5 heteroatoms. The van der Waals surface area contributed by atoms with Crippen LogP contribution in [-0.4, -0.2) is 25.0 Å². The third kappa shape index (κ3) is 4.48. The van der Waals surface area contributed by atoms with E-state index in [2.05, 4.69) is 5.32 Å². The first-order chi connectivity index (χ1) is 10.6. The molecule has 0 spiro atoms. The van der Waals surface area contributed by atoms with Gasteiger partial charge in [0.05, 0.1) is 12.5 Å². The van der Waals surface area contributed by atoms with Crippen LogP contribution in [0.1, 0.15) is 31.7 Å². The third-order valence-corrected chi connectivity index (χ3v) is 4.12. The lowest BCUT2D eigenvalue weighted by Gasteiger charge is -2.25. The average molecular weight is 304 g/mol. The van der Waals surface area contributed by atoms with Gasteiger partial charge in [-0.3, -0.25) is 9.59 Å². The van der Waals surface area contributed by atoms with Gasteiger partial charge in [-0.2, -0.15) is 0 Å². The van der Waals surface area contributed by atoms with E-state index in [1.165, 1.54) is 0 Å². The zero-order valence-electron chi connectivity index (χ0n) is 13.0. The number of carbonyl (C=O) groups excluding carboxylic acids is 2. The first-order valence-corrected chi connectivity index (χ1v) is 7.89. The van der Waals surface area contributed by atoms with E-state index >= 15 is 0 Å². The second-order valence-corrected chi connectivity index (χ2v) is 5.75. The van der Waals surface area contributed by atoms with Crippen molar-refractivity contribution in [3.05, 3.63) is 29.8 Å². The van der Waals surface area contributed by atoms with Crippen LogP contribution in [0.15, 0.2) is 24.3 Å². The minimum Gasteiger partial charge on any atom is -0.494 e. The van der Waals surface area contributed by atoms with Crippen LogP contribution < -0.4 is 15.8 Å². The predicted octanol–water partition coefficient (Wildman–Crippen LogP) is 1.65. The fourth-order valence-corrected chi connectivity index (χ4v) is 2.48. The maximum atomic E-state index is 11.8. The lowest BCUT2D eigenvalue weighted by molar-refractivity contribution is -0.128. The van der Waals surface area contributed by atoms with Crippen LogP contribution in [-0.2, 0) is 16.0 Å². The van der Waals surface area contributed by atoms with Gasteiger partial charge in [0.25, 0.3) is 0 Å². The molecule has 1 aromatic rings. The molecule has 22 heavy (non-hydrogen) atoms. The highest BCUT2D eigenvalue weighted by Crippen LogP contribution is 2.26. The Morgan fingerprint density at radius 3 is 2.50 bits per heavy atom. The van der Waals surface area contributed by atoms with E-state index in [9.17, 15) is 9.59 Å². The van der Waals surface area contributed by atoms with E-state index in [4.69, 9.17) is 10.5 Å². The number of hydrogen-bond acceptors (Lipinski definition) is 3. The van der Waals surface area contributed by atoms with E-state index in [0.717, 1.165) is 30.6 Å². The number of hydrogen-bond donors (Lipinski definition) is 2. The Hall–Kier alpha value is -2.04. The monoisotopic (exact) mass is 304 g/mol. The molecule has 3 N–H and O–H groups in total. The minimum atomic E-state index is -0.387. The summed E-state index contributed by atoms with van der Waals surface area (Å²) in [5.74, 6) is 0.202. The van der Waals surface area contributed by atoms with E-state index in [1.54, 1.807) is 0 Å². The van der Waals surface area contributed by atoms with Crippen LogP contribution in [0.2, 0.25) is 0 Å². The number of benzene rings is 1. The molecule has 1 saturated carbocycles. The fraction of sp³-hybridized carbons (Fsp3) is 0.529. The van der Waals surface area contributed by atoms with Crippen molar-refractivity contribution in [2.45, 2.75) is 32.6 Å². The van der Waals surface area contributed by atoms with Crippen LogP contribution in [0.25, 0.3) is 0 Å². The molecular formula is C17H24N2O3. The Bertz CT molecular complexity index is 509. The Balaban J connectivity index is 1.87. The van der Waals surface area contributed by atoms with Gasteiger partial charge in [0.2, 0.25) is 11.8 Å². The SMILES string of the molecule is CCOc1ccc(C[C@@H](CNC(=O)C2CCC2)C(N)=O)cc1. The van der Waals surface area contributed by atoms with E-state index < -0.39 is 0 Å². The molecule has 1 aliphatic carbocycles. The molecule has 1 atom stereocenters. The summed E-state index contributed by atoms with van der Waals surface area (Å²) in [5, 5.41) is 2.85. The van der Waals surface area contributed by atoms with Gasteiger partial charge in [-0.1, -0.05) is 18.6 Å². The van der Waals surface area contributed by atoms with Gasteiger partial charge in [0.1, 0.15) is 5.75 Å². The third-order valence-electron chi connectivity index (χ3n) is 4.12. The van der Waals surface area contributed by atoms with Crippen molar-refractivity contribution in [2.24, 2.45) is 17.6 Å². The van der Waals surface area contributed by atoms with Gasteiger partial charge in [-0.05, 0) is 43.9 Å². The average Bonchev–Trinajstić information content (AvgIpc) is 2.43. The molecule has 1 aliphatic rings. The molecule has 1 aromatic carbocycles. The van der Waals surface area contributed by atoms with Crippen LogP contribution in [0, 0.1) is 11.8 Å². The van der Waals surface area contributed by atoms with Crippen molar-refractivity contribution in [1.29, 1.82) is 0 Å². The highest BCUT2D eigenvalue weighted by Gasteiger charge is 2.26. The van der Waals surface area contributed by atoms with Gasteiger partial charge in [0.15, 0.2) is 0 Å². The first kappa shape index (κ1) is 16.3. The Labute approximate surface area is 131 Å². The standard InChI is InChI=1S/C17H24N2O3/c1-2-22-15-8-6-12(7-9-15)10-14(16(18)20)11-19-17(21)13-4-3-5-13/h6-9,13-14H,2-5,10-11H2,1H3,(H2,18,20)(H,19,21)/t14-/m0/s1. The van der Waals surface area contributed by atoms with Gasteiger partial charge in [0, 0.05) is 12.5 Å². The van der Waals surface area contributed by atoms with Crippen LogP contribution in [0.3, 0.4) is 0 Å². The molecule has 1 fully saturated rings. The molecule has 2 amide bonds. The van der Waals surface area contributed by atoms with Gasteiger partial charge in [-0.15, -0.1) is 0 Å². The molecule has 5 nitrogen and oxygen atoms in total. The summed E-state index contributed by atoms with van der Waals surface area (Å²) in [7, 11) is 0. The smallest absolute Gasteiger partial charge is 0.223 e. The number of ether oxygens (including phenoxy) is 1. The van der Waals surface area contributed by atoms with Crippen molar-refractivity contribution in [3.63, 3.8) is 0 Å². The van der Waals surface area contributed by atoms with Crippen molar-refractivity contribution < 1.29 is 14.3 Å². The maximum absolute atomic E-state index is 11.8. The lowest BCUT2D eigenvalue weighted by atomic mass is 9.84. The Kier molecular flexibility index (Phi) is 5.81. The second kappa shape index (κ2) is 7.82. The molecular weight excluding hydrogens is 280 g/mol. The predicted molar refractivity (Wildman–Crippen MR) is 84.4 cm³/mol. The fourth-order valence-electron chi connectivity index (χ4n) is 2.48. The number of carbonyl (C=O) groups is 2. The highest BCUT2D eigenvalue weighted by atomic mass is 16.5. The highest BCUT2D eigenvalue weighted by molar-refractivity contribution is 5.81. The normalized spacial score (nSPS) is 15.7. The molecule has 0 bridgehead atoms. The molecule has 0 heterocycles. The largest absolute Gasteiger partial charge is 0.494 e. The number of nitrogens with one attached hydrogen (secondary N) is 1. The molecule has 2 rings (SSSR count). The van der Waals surface area contributed by atoms with Gasteiger partial charge >= 0.3 is 0 Å². The van der Waals surface area contributed by atoms with Gasteiger partial charge < -0.3 is 15.8 Å². The summed E-state index contributed by atoms with van der Waals surface area (Å²) >= 11 is 0. The summed E-state index contributed by atoms with van der Waals surface area (Å²) in [5.41, 5.74) is 6.46. The Morgan fingerprint density at radius 2 is 2.00 bits per heavy atom.